The number of nitrogens with zero attached hydrogens (tertiary/aromatic N) is 4. The lowest BCUT2D eigenvalue weighted by atomic mass is 9.98. The van der Waals surface area contributed by atoms with Crippen molar-refractivity contribution in [1.29, 1.82) is 0 Å². The lowest BCUT2D eigenvalue weighted by Gasteiger charge is -2.43. The first-order valence-corrected chi connectivity index (χ1v) is 11.8. The Morgan fingerprint density at radius 3 is 2.78 bits per heavy atom. The maximum atomic E-state index is 13.2. The number of amides is 2. The highest BCUT2D eigenvalue weighted by Crippen LogP contribution is 2.23. The minimum absolute atomic E-state index is 0.0709. The number of thiophene rings is 1. The van der Waals surface area contributed by atoms with Crippen LogP contribution in [-0.4, -0.2) is 56.8 Å². The third kappa shape index (κ3) is 4.29. The second-order valence-electron chi connectivity index (χ2n) is 8.45. The van der Waals surface area contributed by atoms with E-state index in [1.807, 2.05) is 32.2 Å². The van der Waals surface area contributed by atoms with Crippen molar-refractivity contribution in [2.45, 2.75) is 33.4 Å². The van der Waals surface area contributed by atoms with E-state index in [1.54, 1.807) is 28.0 Å². The van der Waals surface area contributed by atoms with Crippen LogP contribution in [0.2, 0.25) is 5.02 Å². The van der Waals surface area contributed by atoms with Crippen LogP contribution in [0.4, 0.5) is 0 Å². The van der Waals surface area contributed by atoms with Crippen LogP contribution < -0.4 is 5.56 Å². The Kier molecular flexibility index (Phi) is 6.35. The summed E-state index contributed by atoms with van der Waals surface area (Å²) in [6.07, 6.45) is 1.43. The highest BCUT2D eigenvalue weighted by Gasteiger charge is 2.35. The molecule has 0 saturated carbocycles. The molecule has 3 aromatic rings. The molecule has 0 spiro atoms. The molecule has 1 aliphatic heterocycles. The summed E-state index contributed by atoms with van der Waals surface area (Å²) in [5.74, 6) is -0.139. The van der Waals surface area contributed by atoms with E-state index in [2.05, 4.69) is 4.98 Å². The van der Waals surface area contributed by atoms with E-state index in [4.69, 9.17) is 11.6 Å². The fourth-order valence-corrected chi connectivity index (χ4v) is 5.01. The van der Waals surface area contributed by atoms with Crippen molar-refractivity contribution in [3.63, 3.8) is 0 Å². The van der Waals surface area contributed by atoms with Gasteiger partial charge in [0.05, 0.1) is 28.3 Å². The molecule has 0 radical (unpaired) electrons. The van der Waals surface area contributed by atoms with Gasteiger partial charge in [-0.3, -0.25) is 19.0 Å². The summed E-state index contributed by atoms with van der Waals surface area (Å²) >= 11 is 7.67. The number of fused-ring (bicyclic) bond motifs is 1. The van der Waals surface area contributed by atoms with Gasteiger partial charge in [0, 0.05) is 19.6 Å². The minimum atomic E-state index is -0.214. The molecule has 0 bridgehead atoms. The van der Waals surface area contributed by atoms with Crippen molar-refractivity contribution >= 4 is 45.0 Å². The normalized spacial score (nSPS) is 16.7. The maximum absolute atomic E-state index is 13.2. The van der Waals surface area contributed by atoms with Crippen LogP contribution in [0.15, 0.2) is 40.8 Å². The van der Waals surface area contributed by atoms with Crippen LogP contribution in [-0.2, 0) is 11.3 Å². The Morgan fingerprint density at radius 2 is 2.03 bits per heavy atom. The highest BCUT2D eigenvalue weighted by atomic mass is 35.5. The molecule has 9 heteroatoms. The van der Waals surface area contributed by atoms with Crippen molar-refractivity contribution in [3.05, 3.63) is 62.5 Å². The van der Waals surface area contributed by atoms with Gasteiger partial charge in [-0.25, -0.2) is 4.98 Å². The van der Waals surface area contributed by atoms with Gasteiger partial charge < -0.3 is 9.80 Å². The molecule has 1 atom stereocenters. The Labute approximate surface area is 195 Å². The predicted molar refractivity (Wildman–Crippen MR) is 126 cm³/mol. The van der Waals surface area contributed by atoms with E-state index in [0.717, 1.165) is 5.56 Å². The number of aryl methyl sites for hydroxylation is 1. The minimum Gasteiger partial charge on any atom is -0.335 e. The largest absolute Gasteiger partial charge is 0.335 e. The first-order chi connectivity index (χ1) is 15.3. The molecule has 0 aliphatic carbocycles. The monoisotopic (exact) mass is 472 g/mol. The van der Waals surface area contributed by atoms with Gasteiger partial charge in [0.1, 0.15) is 11.4 Å². The van der Waals surface area contributed by atoms with Gasteiger partial charge >= 0.3 is 0 Å². The van der Waals surface area contributed by atoms with Crippen LogP contribution in [0.25, 0.3) is 10.2 Å². The van der Waals surface area contributed by atoms with Crippen LogP contribution in [0.3, 0.4) is 0 Å². The molecule has 1 saturated heterocycles. The molecule has 2 amide bonds. The van der Waals surface area contributed by atoms with Gasteiger partial charge in [-0.1, -0.05) is 37.1 Å². The molecule has 0 N–H and O–H groups in total. The zero-order valence-corrected chi connectivity index (χ0v) is 19.8. The third-order valence-electron chi connectivity index (χ3n) is 5.90. The highest BCUT2D eigenvalue weighted by molar-refractivity contribution is 7.16. The number of aromatic nitrogens is 2. The number of carbonyl (C=O) groups excluding carboxylic acids is 2. The van der Waals surface area contributed by atoms with E-state index in [0.29, 0.717) is 40.4 Å². The zero-order chi connectivity index (χ0) is 23.0. The summed E-state index contributed by atoms with van der Waals surface area (Å²) in [4.78, 5) is 47.5. The van der Waals surface area contributed by atoms with E-state index >= 15 is 0 Å². The molecule has 1 aliphatic rings. The van der Waals surface area contributed by atoms with Crippen LogP contribution in [0, 0.1) is 12.8 Å². The van der Waals surface area contributed by atoms with Crippen molar-refractivity contribution in [2.75, 3.05) is 19.6 Å². The molecule has 168 valence electrons. The number of piperazine rings is 1. The summed E-state index contributed by atoms with van der Waals surface area (Å²) in [5.41, 5.74) is 1.23. The lowest BCUT2D eigenvalue weighted by molar-refractivity contribution is -0.137. The molecule has 1 aromatic carbocycles. The van der Waals surface area contributed by atoms with Crippen molar-refractivity contribution in [2.24, 2.45) is 5.92 Å². The molecule has 1 unspecified atom stereocenters. The van der Waals surface area contributed by atoms with E-state index in [9.17, 15) is 14.4 Å². The van der Waals surface area contributed by atoms with Crippen LogP contribution >= 0.6 is 22.9 Å². The first kappa shape index (κ1) is 22.5. The SMILES string of the molecule is Cc1ccc(Cl)c(C(=O)N2CCN(C(=O)Cn3cnc4sccc4c3=O)C(C(C)C)C2)c1. The van der Waals surface area contributed by atoms with Gasteiger partial charge in [0.25, 0.3) is 11.5 Å². The van der Waals surface area contributed by atoms with Gasteiger partial charge in [-0.2, -0.15) is 0 Å². The molecule has 1 fully saturated rings. The molecular formula is C23H25ClN4O3S. The van der Waals surface area contributed by atoms with Crippen molar-refractivity contribution in [3.8, 4) is 0 Å². The van der Waals surface area contributed by atoms with Crippen molar-refractivity contribution in [1.82, 2.24) is 19.4 Å². The Hall–Kier alpha value is -2.71. The Morgan fingerprint density at radius 1 is 1.25 bits per heavy atom. The lowest BCUT2D eigenvalue weighted by Crippen LogP contribution is -2.59. The summed E-state index contributed by atoms with van der Waals surface area (Å²) in [6.45, 7) is 7.15. The van der Waals surface area contributed by atoms with Crippen LogP contribution in [0.5, 0.6) is 0 Å². The van der Waals surface area contributed by atoms with E-state index in [1.165, 1.54) is 22.2 Å². The third-order valence-corrected chi connectivity index (χ3v) is 7.05. The number of hydrogen-bond donors (Lipinski definition) is 0. The summed E-state index contributed by atoms with van der Waals surface area (Å²) in [5, 5.41) is 2.77. The number of halogens is 1. The number of hydrogen-bond acceptors (Lipinski definition) is 5. The summed E-state index contributed by atoms with van der Waals surface area (Å²) < 4.78 is 1.36. The van der Waals surface area contributed by atoms with E-state index < -0.39 is 0 Å². The van der Waals surface area contributed by atoms with Gasteiger partial charge in [-0.05, 0) is 36.4 Å². The van der Waals surface area contributed by atoms with E-state index in [-0.39, 0.29) is 35.9 Å². The molecule has 7 nitrogen and oxygen atoms in total. The molecule has 32 heavy (non-hydrogen) atoms. The fourth-order valence-electron chi connectivity index (χ4n) is 4.09. The smallest absolute Gasteiger partial charge is 0.262 e. The van der Waals surface area contributed by atoms with Crippen molar-refractivity contribution < 1.29 is 9.59 Å². The second kappa shape index (κ2) is 9.03. The number of benzene rings is 1. The fraction of sp³-hybridized carbons (Fsp3) is 0.391. The maximum Gasteiger partial charge on any atom is 0.262 e. The zero-order valence-electron chi connectivity index (χ0n) is 18.2. The number of carbonyl (C=O) groups is 2. The predicted octanol–water partition coefficient (Wildman–Crippen LogP) is 3.43. The van der Waals surface area contributed by atoms with Gasteiger partial charge in [0.15, 0.2) is 0 Å². The molecule has 3 heterocycles. The van der Waals surface area contributed by atoms with Crippen LogP contribution in [0.1, 0.15) is 29.8 Å². The van der Waals surface area contributed by atoms with Gasteiger partial charge in [0.2, 0.25) is 5.91 Å². The molecule has 4 rings (SSSR count). The molecule has 2 aromatic heterocycles. The first-order valence-electron chi connectivity index (χ1n) is 10.5. The molecular weight excluding hydrogens is 448 g/mol. The average molecular weight is 473 g/mol. The standard InChI is InChI=1S/C23H25ClN4O3S/c1-14(2)19-11-26(23(31)17-10-15(3)4-5-18(17)24)7-8-28(19)20(29)12-27-13-25-21-16(22(27)30)6-9-32-21/h4-6,9-10,13-14,19H,7-8,11-12H2,1-3H3. The quantitative estimate of drug-likeness (QED) is 0.583. The Bertz CT molecular complexity index is 1240. The summed E-state index contributed by atoms with van der Waals surface area (Å²) in [6, 6.07) is 6.98. The summed E-state index contributed by atoms with van der Waals surface area (Å²) in [7, 11) is 0. The van der Waals surface area contributed by atoms with Gasteiger partial charge in [-0.15, -0.1) is 11.3 Å². The Balaban J connectivity index is 1.52. The number of rotatable bonds is 4. The average Bonchev–Trinajstić information content (AvgIpc) is 3.26. The topological polar surface area (TPSA) is 75.5 Å². The second-order valence-corrected chi connectivity index (χ2v) is 9.75.